The molecule has 0 radical (unpaired) electrons. The van der Waals surface area contributed by atoms with Crippen LogP contribution < -0.4 is 5.56 Å². The highest BCUT2D eigenvalue weighted by molar-refractivity contribution is 6.31. The van der Waals surface area contributed by atoms with Crippen LogP contribution in [0.5, 0.6) is 0 Å². The molecule has 20 heavy (non-hydrogen) atoms. The number of fused-ring (bicyclic) bond motifs is 4. The van der Waals surface area contributed by atoms with Crippen molar-refractivity contribution in [3.05, 3.63) is 62.9 Å². The van der Waals surface area contributed by atoms with E-state index in [1.165, 1.54) is 4.40 Å². The van der Waals surface area contributed by atoms with Gasteiger partial charge in [0.25, 0.3) is 5.56 Å². The van der Waals surface area contributed by atoms with E-state index in [1.54, 1.807) is 42.5 Å². The van der Waals surface area contributed by atoms with Gasteiger partial charge in [0, 0.05) is 21.5 Å². The average molecular weight is 304 g/mol. The lowest BCUT2D eigenvalue weighted by atomic mass is 10.2. The van der Waals surface area contributed by atoms with E-state index in [1.807, 2.05) is 0 Å². The standard InChI is InChI=1S/C15H7Cl2NO2/c16-9-1-3-12-8(5-9)6-14-18(12)15(19)11-7-10(17)2-4-13(11)20-14/h1-7H. The molecule has 0 saturated heterocycles. The number of nitrogens with zero attached hydrogens (tertiary/aromatic N) is 1. The van der Waals surface area contributed by atoms with Crippen LogP contribution in [0.3, 0.4) is 0 Å². The van der Waals surface area contributed by atoms with Crippen molar-refractivity contribution >= 4 is 50.8 Å². The zero-order chi connectivity index (χ0) is 13.9. The van der Waals surface area contributed by atoms with Crippen molar-refractivity contribution < 1.29 is 4.42 Å². The molecule has 0 amide bonds. The molecule has 98 valence electrons. The molecule has 0 aliphatic carbocycles. The van der Waals surface area contributed by atoms with Gasteiger partial charge in [0.1, 0.15) is 5.58 Å². The predicted octanol–water partition coefficient (Wildman–Crippen LogP) is 4.51. The molecule has 0 saturated carbocycles. The van der Waals surface area contributed by atoms with Crippen LogP contribution in [0.15, 0.2) is 51.7 Å². The molecule has 0 N–H and O–H groups in total. The molecule has 2 heterocycles. The van der Waals surface area contributed by atoms with Crippen LogP contribution in [0.2, 0.25) is 10.0 Å². The van der Waals surface area contributed by atoms with Crippen LogP contribution in [0.25, 0.3) is 27.6 Å². The SMILES string of the molecule is O=c1c2cc(Cl)ccc2oc2cc3cc(Cl)ccc3n12. The molecule has 5 heteroatoms. The van der Waals surface area contributed by atoms with Crippen LogP contribution >= 0.6 is 23.2 Å². The Kier molecular flexibility index (Phi) is 2.37. The van der Waals surface area contributed by atoms with Gasteiger partial charge in [0.05, 0.1) is 10.9 Å². The lowest BCUT2D eigenvalue weighted by molar-refractivity contribution is 0.631. The van der Waals surface area contributed by atoms with Gasteiger partial charge in [-0.1, -0.05) is 23.2 Å². The molecule has 4 rings (SSSR count). The lowest BCUT2D eigenvalue weighted by Gasteiger charge is -2.00. The summed E-state index contributed by atoms with van der Waals surface area (Å²) in [4.78, 5) is 12.6. The fourth-order valence-electron chi connectivity index (χ4n) is 2.44. The Bertz CT molecular complexity index is 1050. The lowest BCUT2D eigenvalue weighted by Crippen LogP contribution is -2.11. The number of hydrogen-bond acceptors (Lipinski definition) is 2. The van der Waals surface area contributed by atoms with E-state index in [-0.39, 0.29) is 5.56 Å². The van der Waals surface area contributed by atoms with Crippen molar-refractivity contribution in [3.63, 3.8) is 0 Å². The van der Waals surface area contributed by atoms with E-state index in [4.69, 9.17) is 27.6 Å². The second kappa shape index (κ2) is 4.01. The smallest absolute Gasteiger partial charge is 0.269 e. The third-order valence-corrected chi connectivity index (χ3v) is 3.79. The highest BCUT2D eigenvalue weighted by Crippen LogP contribution is 2.25. The molecule has 0 bridgehead atoms. The summed E-state index contributed by atoms with van der Waals surface area (Å²) < 4.78 is 7.30. The summed E-state index contributed by atoms with van der Waals surface area (Å²) in [6.07, 6.45) is 0. The second-order valence-electron chi connectivity index (χ2n) is 4.57. The van der Waals surface area contributed by atoms with E-state index < -0.39 is 0 Å². The Morgan fingerprint density at radius 1 is 0.950 bits per heavy atom. The van der Waals surface area contributed by atoms with Crippen molar-refractivity contribution in [1.29, 1.82) is 0 Å². The predicted molar refractivity (Wildman–Crippen MR) is 81.0 cm³/mol. The third-order valence-electron chi connectivity index (χ3n) is 3.32. The Morgan fingerprint density at radius 3 is 2.55 bits per heavy atom. The monoisotopic (exact) mass is 303 g/mol. The van der Waals surface area contributed by atoms with Gasteiger partial charge in [0.15, 0.2) is 0 Å². The summed E-state index contributed by atoms with van der Waals surface area (Å²) in [5, 5.41) is 2.44. The molecular formula is C15H7Cl2NO2. The average Bonchev–Trinajstić information content (AvgIpc) is 2.77. The maximum atomic E-state index is 12.6. The second-order valence-corrected chi connectivity index (χ2v) is 5.44. The zero-order valence-electron chi connectivity index (χ0n) is 10.1. The number of benzene rings is 2. The van der Waals surface area contributed by atoms with Crippen LogP contribution in [0, 0.1) is 0 Å². The summed E-state index contributed by atoms with van der Waals surface area (Å²) in [6, 6.07) is 12.2. The zero-order valence-corrected chi connectivity index (χ0v) is 11.6. The Morgan fingerprint density at radius 2 is 1.70 bits per heavy atom. The summed E-state index contributed by atoms with van der Waals surface area (Å²) >= 11 is 11.9. The van der Waals surface area contributed by atoms with Crippen molar-refractivity contribution in [2.45, 2.75) is 0 Å². The number of rotatable bonds is 0. The Labute approximate surface area is 122 Å². The van der Waals surface area contributed by atoms with Crippen LogP contribution in [-0.2, 0) is 0 Å². The highest BCUT2D eigenvalue weighted by Gasteiger charge is 2.12. The minimum absolute atomic E-state index is 0.152. The van der Waals surface area contributed by atoms with E-state index in [0.29, 0.717) is 26.7 Å². The van der Waals surface area contributed by atoms with Crippen molar-refractivity contribution in [2.75, 3.05) is 0 Å². The molecular weight excluding hydrogens is 297 g/mol. The topological polar surface area (TPSA) is 34.6 Å². The molecule has 2 aromatic heterocycles. The summed E-state index contributed by atoms with van der Waals surface area (Å²) in [5.41, 5.74) is 1.61. The van der Waals surface area contributed by atoms with Gasteiger partial charge in [-0.05, 0) is 36.4 Å². The quantitative estimate of drug-likeness (QED) is 0.479. The van der Waals surface area contributed by atoms with Gasteiger partial charge < -0.3 is 4.42 Å². The van der Waals surface area contributed by atoms with Crippen LogP contribution in [0.1, 0.15) is 0 Å². The first-order valence-electron chi connectivity index (χ1n) is 5.96. The normalized spacial score (nSPS) is 11.7. The number of aromatic nitrogens is 1. The summed E-state index contributed by atoms with van der Waals surface area (Å²) in [6.45, 7) is 0. The fraction of sp³-hybridized carbons (Fsp3) is 0. The van der Waals surface area contributed by atoms with Gasteiger partial charge >= 0.3 is 0 Å². The Balaban J connectivity index is 2.30. The first-order chi connectivity index (χ1) is 9.63. The largest absolute Gasteiger partial charge is 0.439 e. The van der Waals surface area contributed by atoms with Crippen LogP contribution in [-0.4, -0.2) is 4.40 Å². The minimum Gasteiger partial charge on any atom is -0.439 e. The molecule has 0 unspecified atom stereocenters. The number of halogens is 2. The molecule has 0 fully saturated rings. The maximum Gasteiger partial charge on any atom is 0.269 e. The Hall–Kier alpha value is -1.97. The van der Waals surface area contributed by atoms with Crippen molar-refractivity contribution in [1.82, 2.24) is 4.40 Å². The van der Waals surface area contributed by atoms with E-state index in [2.05, 4.69) is 0 Å². The maximum absolute atomic E-state index is 12.6. The molecule has 0 spiro atoms. The first-order valence-corrected chi connectivity index (χ1v) is 6.72. The first kappa shape index (κ1) is 11.8. The fourth-order valence-corrected chi connectivity index (χ4v) is 2.79. The molecule has 3 nitrogen and oxygen atoms in total. The van der Waals surface area contributed by atoms with Gasteiger partial charge in [-0.15, -0.1) is 0 Å². The molecule has 0 atom stereocenters. The molecule has 4 aromatic rings. The third kappa shape index (κ3) is 1.57. The minimum atomic E-state index is -0.152. The number of hydrogen-bond donors (Lipinski definition) is 0. The molecule has 2 aromatic carbocycles. The van der Waals surface area contributed by atoms with Crippen LogP contribution in [0.4, 0.5) is 0 Å². The molecule has 0 aliphatic heterocycles. The van der Waals surface area contributed by atoms with Crippen molar-refractivity contribution in [3.8, 4) is 0 Å². The molecule has 0 aliphatic rings. The van der Waals surface area contributed by atoms with Gasteiger partial charge in [-0.2, -0.15) is 0 Å². The van der Waals surface area contributed by atoms with Crippen molar-refractivity contribution in [2.24, 2.45) is 0 Å². The summed E-state index contributed by atoms with van der Waals surface area (Å²) in [5.74, 6) is 0. The summed E-state index contributed by atoms with van der Waals surface area (Å²) in [7, 11) is 0. The van der Waals surface area contributed by atoms with E-state index in [0.717, 1.165) is 10.9 Å². The van der Waals surface area contributed by atoms with Gasteiger partial charge in [0.2, 0.25) is 5.71 Å². The van der Waals surface area contributed by atoms with Gasteiger partial charge in [-0.3, -0.25) is 4.79 Å². The van der Waals surface area contributed by atoms with E-state index >= 15 is 0 Å². The van der Waals surface area contributed by atoms with Gasteiger partial charge in [-0.25, -0.2) is 4.40 Å². The highest BCUT2D eigenvalue weighted by atomic mass is 35.5. The van der Waals surface area contributed by atoms with E-state index in [9.17, 15) is 4.79 Å².